The highest BCUT2D eigenvalue weighted by Gasteiger charge is 2.34. The number of rotatable bonds is 2. The standard InChI is InChI=1S/C12H24N2O3/c1-9-6-13-7-10(8-16-5)14(9)11(15)17-12(2,3)4/h9-10,13H,6-8H2,1-5H3. The zero-order valence-corrected chi connectivity index (χ0v) is 11.4. The van der Waals surface area contributed by atoms with Gasteiger partial charge in [0.15, 0.2) is 0 Å². The molecule has 0 aromatic heterocycles. The van der Waals surface area contributed by atoms with Crippen molar-refractivity contribution >= 4 is 6.09 Å². The van der Waals surface area contributed by atoms with Crippen LogP contribution in [-0.2, 0) is 9.47 Å². The minimum Gasteiger partial charge on any atom is -0.444 e. The van der Waals surface area contributed by atoms with Crippen LogP contribution in [-0.4, -0.2) is 55.5 Å². The van der Waals surface area contributed by atoms with Crippen molar-refractivity contribution < 1.29 is 14.3 Å². The van der Waals surface area contributed by atoms with E-state index in [0.29, 0.717) is 6.61 Å². The van der Waals surface area contributed by atoms with Crippen LogP contribution in [0.3, 0.4) is 0 Å². The molecule has 1 aliphatic heterocycles. The van der Waals surface area contributed by atoms with Gasteiger partial charge in [-0.25, -0.2) is 4.79 Å². The number of methoxy groups -OCH3 is 1. The first-order valence-corrected chi connectivity index (χ1v) is 6.06. The fourth-order valence-corrected chi connectivity index (χ4v) is 1.99. The largest absolute Gasteiger partial charge is 0.444 e. The van der Waals surface area contributed by atoms with Gasteiger partial charge in [0, 0.05) is 26.2 Å². The van der Waals surface area contributed by atoms with Gasteiger partial charge in [-0.3, -0.25) is 4.90 Å². The van der Waals surface area contributed by atoms with Crippen LogP contribution in [0, 0.1) is 0 Å². The Balaban J connectivity index is 2.70. The predicted octanol–water partition coefficient (Wildman–Crippen LogP) is 1.23. The van der Waals surface area contributed by atoms with E-state index in [1.165, 1.54) is 0 Å². The third kappa shape index (κ3) is 4.16. The topological polar surface area (TPSA) is 50.8 Å². The zero-order chi connectivity index (χ0) is 13.1. The molecule has 0 bridgehead atoms. The van der Waals surface area contributed by atoms with Crippen LogP contribution in [0.4, 0.5) is 4.79 Å². The molecule has 1 amide bonds. The second-order valence-electron chi connectivity index (χ2n) is 5.50. The van der Waals surface area contributed by atoms with E-state index < -0.39 is 5.60 Å². The monoisotopic (exact) mass is 244 g/mol. The van der Waals surface area contributed by atoms with Crippen molar-refractivity contribution in [1.29, 1.82) is 0 Å². The molecule has 0 saturated carbocycles. The summed E-state index contributed by atoms with van der Waals surface area (Å²) < 4.78 is 10.6. The van der Waals surface area contributed by atoms with Gasteiger partial charge in [-0.1, -0.05) is 0 Å². The lowest BCUT2D eigenvalue weighted by atomic mass is 10.1. The Morgan fingerprint density at radius 3 is 2.59 bits per heavy atom. The summed E-state index contributed by atoms with van der Waals surface area (Å²) in [4.78, 5) is 13.9. The van der Waals surface area contributed by atoms with E-state index in [-0.39, 0.29) is 18.2 Å². The number of ether oxygens (including phenoxy) is 2. The van der Waals surface area contributed by atoms with Crippen molar-refractivity contribution in [3.8, 4) is 0 Å². The zero-order valence-electron chi connectivity index (χ0n) is 11.4. The van der Waals surface area contributed by atoms with Gasteiger partial charge in [0.25, 0.3) is 0 Å². The van der Waals surface area contributed by atoms with E-state index >= 15 is 0 Å². The highest BCUT2D eigenvalue weighted by atomic mass is 16.6. The molecule has 1 aliphatic rings. The molecule has 0 radical (unpaired) electrons. The van der Waals surface area contributed by atoms with Crippen molar-refractivity contribution in [3.05, 3.63) is 0 Å². The number of hydrogen-bond donors (Lipinski definition) is 1. The fraction of sp³-hybridized carbons (Fsp3) is 0.917. The third-order valence-electron chi connectivity index (χ3n) is 2.65. The van der Waals surface area contributed by atoms with E-state index in [2.05, 4.69) is 5.32 Å². The average Bonchev–Trinajstić information content (AvgIpc) is 2.15. The minimum absolute atomic E-state index is 0.0404. The van der Waals surface area contributed by atoms with Gasteiger partial charge in [-0.2, -0.15) is 0 Å². The summed E-state index contributed by atoms with van der Waals surface area (Å²) in [6.07, 6.45) is -0.256. The van der Waals surface area contributed by atoms with Gasteiger partial charge >= 0.3 is 6.09 Å². The molecule has 2 atom stereocenters. The second-order valence-corrected chi connectivity index (χ2v) is 5.50. The summed E-state index contributed by atoms with van der Waals surface area (Å²) in [5, 5.41) is 3.29. The summed E-state index contributed by atoms with van der Waals surface area (Å²) in [5.41, 5.74) is -0.459. The lowest BCUT2D eigenvalue weighted by molar-refractivity contribution is -0.0122. The lowest BCUT2D eigenvalue weighted by Gasteiger charge is -2.41. The maximum atomic E-state index is 12.1. The summed E-state index contributed by atoms with van der Waals surface area (Å²) in [6, 6.07) is 0.164. The maximum absolute atomic E-state index is 12.1. The number of hydrogen-bond acceptors (Lipinski definition) is 4. The number of nitrogens with zero attached hydrogens (tertiary/aromatic N) is 1. The van der Waals surface area contributed by atoms with Crippen molar-refractivity contribution in [2.24, 2.45) is 0 Å². The van der Waals surface area contributed by atoms with Gasteiger partial charge in [0.2, 0.25) is 0 Å². The van der Waals surface area contributed by atoms with Crippen LogP contribution < -0.4 is 5.32 Å². The van der Waals surface area contributed by atoms with Gasteiger partial charge in [0.05, 0.1) is 12.6 Å². The Kier molecular flexibility index (Phi) is 4.77. The minimum atomic E-state index is -0.459. The van der Waals surface area contributed by atoms with E-state index in [9.17, 15) is 4.79 Å². The van der Waals surface area contributed by atoms with Gasteiger partial charge in [0.1, 0.15) is 5.60 Å². The molecule has 0 spiro atoms. The predicted molar refractivity (Wildman–Crippen MR) is 66.1 cm³/mol. The van der Waals surface area contributed by atoms with Crippen molar-refractivity contribution in [3.63, 3.8) is 0 Å². The fourth-order valence-electron chi connectivity index (χ4n) is 1.99. The van der Waals surface area contributed by atoms with E-state index in [1.807, 2.05) is 27.7 Å². The summed E-state index contributed by atoms with van der Waals surface area (Å²) in [7, 11) is 1.65. The van der Waals surface area contributed by atoms with Gasteiger partial charge < -0.3 is 14.8 Å². The summed E-state index contributed by atoms with van der Waals surface area (Å²) in [6.45, 7) is 9.71. The molecule has 2 unspecified atom stereocenters. The third-order valence-corrected chi connectivity index (χ3v) is 2.65. The van der Waals surface area contributed by atoms with E-state index in [0.717, 1.165) is 13.1 Å². The van der Waals surface area contributed by atoms with Crippen LogP contribution in [0.5, 0.6) is 0 Å². The van der Waals surface area contributed by atoms with Crippen LogP contribution in [0.15, 0.2) is 0 Å². The molecule has 0 aromatic carbocycles. The molecule has 100 valence electrons. The van der Waals surface area contributed by atoms with Gasteiger partial charge in [-0.05, 0) is 27.7 Å². The van der Waals surface area contributed by atoms with Crippen LogP contribution in [0.25, 0.3) is 0 Å². The highest BCUT2D eigenvalue weighted by molar-refractivity contribution is 5.69. The lowest BCUT2D eigenvalue weighted by Crippen LogP contribution is -2.60. The number of nitrogens with one attached hydrogen (secondary N) is 1. The quantitative estimate of drug-likeness (QED) is 0.794. The smallest absolute Gasteiger partial charge is 0.410 e. The number of piperazine rings is 1. The molecular formula is C12H24N2O3. The SMILES string of the molecule is COCC1CNCC(C)N1C(=O)OC(C)(C)C. The van der Waals surface area contributed by atoms with Crippen molar-refractivity contribution in [2.75, 3.05) is 26.8 Å². The van der Waals surface area contributed by atoms with Crippen molar-refractivity contribution in [1.82, 2.24) is 10.2 Å². The first-order valence-electron chi connectivity index (χ1n) is 6.06. The average molecular weight is 244 g/mol. The molecule has 1 heterocycles. The summed E-state index contributed by atoms with van der Waals surface area (Å²) >= 11 is 0. The van der Waals surface area contributed by atoms with E-state index in [1.54, 1.807) is 12.0 Å². The molecule has 5 nitrogen and oxygen atoms in total. The molecule has 0 aromatic rings. The molecule has 5 heteroatoms. The molecule has 0 aliphatic carbocycles. The Bertz CT molecular complexity index is 261. The Hall–Kier alpha value is -0.810. The molecular weight excluding hydrogens is 220 g/mol. The maximum Gasteiger partial charge on any atom is 0.410 e. The number of carbonyl (C=O) groups is 1. The van der Waals surface area contributed by atoms with Gasteiger partial charge in [-0.15, -0.1) is 0 Å². The molecule has 1 fully saturated rings. The molecule has 1 saturated heterocycles. The first kappa shape index (κ1) is 14.3. The number of amides is 1. The van der Waals surface area contributed by atoms with Crippen LogP contribution in [0.1, 0.15) is 27.7 Å². The molecule has 1 N–H and O–H groups in total. The highest BCUT2D eigenvalue weighted by Crippen LogP contribution is 2.16. The molecule has 17 heavy (non-hydrogen) atoms. The second kappa shape index (κ2) is 5.69. The Morgan fingerprint density at radius 1 is 1.41 bits per heavy atom. The number of carbonyl (C=O) groups excluding carboxylic acids is 1. The Morgan fingerprint density at radius 2 is 2.06 bits per heavy atom. The van der Waals surface area contributed by atoms with Crippen LogP contribution >= 0.6 is 0 Å². The first-order chi connectivity index (χ1) is 7.85. The van der Waals surface area contributed by atoms with E-state index in [4.69, 9.17) is 9.47 Å². The van der Waals surface area contributed by atoms with Crippen molar-refractivity contribution in [2.45, 2.75) is 45.4 Å². The normalized spacial score (nSPS) is 25.8. The molecule has 1 rings (SSSR count). The van der Waals surface area contributed by atoms with Crippen LogP contribution in [0.2, 0.25) is 0 Å². The summed E-state index contributed by atoms with van der Waals surface area (Å²) in [5.74, 6) is 0. The Labute approximate surface area is 103 Å².